The van der Waals surface area contributed by atoms with E-state index in [-0.39, 0.29) is 5.91 Å². The van der Waals surface area contributed by atoms with Crippen LogP contribution in [0.15, 0.2) is 82.6 Å². The van der Waals surface area contributed by atoms with Gasteiger partial charge in [-0.3, -0.25) is 4.79 Å². The van der Waals surface area contributed by atoms with Crippen LogP contribution in [0.2, 0.25) is 5.02 Å². The molecule has 4 aromatic rings. The smallest absolute Gasteiger partial charge is 0.269 e. The van der Waals surface area contributed by atoms with E-state index in [1.165, 1.54) is 0 Å². The lowest BCUT2D eigenvalue weighted by Gasteiger charge is -2.07. The fourth-order valence-corrected chi connectivity index (χ4v) is 4.21. The van der Waals surface area contributed by atoms with E-state index in [0.29, 0.717) is 17.3 Å². The molecular formula is C23H19ClN2O2S. The summed E-state index contributed by atoms with van der Waals surface area (Å²) in [7, 11) is 1.63. The van der Waals surface area contributed by atoms with Crippen LogP contribution < -0.4 is 10.1 Å². The Bertz CT molecular complexity index is 1140. The molecule has 2 N–H and O–H groups in total. The molecule has 0 saturated carbocycles. The molecule has 3 aromatic carbocycles. The summed E-state index contributed by atoms with van der Waals surface area (Å²) in [5.41, 5.74) is 2.38. The van der Waals surface area contributed by atoms with Crippen LogP contribution in [0, 0.1) is 0 Å². The highest BCUT2D eigenvalue weighted by atomic mass is 35.5. The highest BCUT2D eigenvalue weighted by molar-refractivity contribution is 7.99. The number of aromatic nitrogens is 1. The lowest BCUT2D eigenvalue weighted by Crippen LogP contribution is -2.23. The Hall–Kier alpha value is -2.89. The van der Waals surface area contributed by atoms with Gasteiger partial charge in [-0.25, -0.2) is 0 Å². The number of ether oxygens (including phenoxy) is 1. The number of rotatable bonds is 6. The first-order valence-electron chi connectivity index (χ1n) is 9.09. The summed E-state index contributed by atoms with van der Waals surface area (Å²) in [5, 5.41) is 4.65. The SMILES string of the molecule is COc1ccc2c(Sc3ccccc3)c(C(=O)NCc3ccc(Cl)cc3)[nH]c2c1. The fraction of sp³-hybridized carbons (Fsp3) is 0.0870. The molecule has 4 rings (SSSR count). The highest BCUT2D eigenvalue weighted by Crippen LogP contribution is 2.37. The van der Waals surface area contributed by atoms with Gasteiger partial charge in [-0.1, -0.05) is 53.7 Å². The van der Waals surface area contributed by atoms with E-state index in [2.05, 4.69) is 10.3 Å². The fourth-order valence-electron chi connectivity index (χ4n) is 3.02. The van der Waals surface area contributed by atoms with E-state index in [4.69, 9.17) is 16.3 Å². The number of H-pyrrole nitrogens is 1. The van der Waals surface area contributed by atoms with Gasteiger partial charge in [0.2, 0.25) is 0 Å². The Balaban J connectivity index is 1.66. The average molecular weight is 423 g/mol. The average Bonchev–Trinajstić information content (AvgIpc) is 3.11. The molecule has 6 heteroatoms. The van der Waals surface area contributed by atoms with E-state index in [1.807, 2.05) is 72.8 Å². The van der Waals surface area contributed by atoms with Crippen molar-refractivity contribution in [2.45, 2.75) is 16.3 Å². The number of carbonyl (C=O) groups excluding carboxylic acids is 1. The van der Waals surface area contributed by atoms with E-state index in [9.17, 15) is 4.79 Å². The molecule has 0 aliphatic rings. The molecule has 0 fully saturated rings. The maximum atomic E-state index is 13.0. The number of benzene rings is 3. The first-order valence-corrected chi connectivity index (χ1v) is 10.3. The topological polar surface area (TPSA) is 54.1 Å². The third-order valence-electron chi connectivity index (χ3n) is 4.51. The van der Waals surface area contributed by atoms with Crippen molar-refractivity contribution in [2.75, 3.05) is 7.11 Å². The van der Waals surface area contributed by atoms with Crippen LogP contribution in [0.5, 0.6) is 5.75 Å². The van der Waals surface area contributed by atoms with Gasteiger partial charge in [0, 0.05) is 27.9 Å². The molecule has 1 amide bonds. The van der Waals surface area contributed by atoms with Gasteiger partial charge in [0.25, 0.3) is 5.91 Å². The summed E-state index contributed by atoms with van der Waals surface area (Å²) in [6.07, 6.45) is 0. The van der Waals surface area contributed by atoms with Crippen LogP contribution >= 0.6 is 23.4 Å². The third kappa shape index (κ3) is 4.42. The number of hydrogen-bond acceptors (Lipinski definition) is 3. The first-order chi connectivity index (χ1) is 14.1. The van der Waals surface area contributed by atoms with Crippen molar-refractivity contribution in [1.29, 1.82) is 0 Å². The molecule has 0 bridgehead atoms. The Morgan fingerprint density at radius 1 is 1.07 bits per heavy atom. The van der Waals surface area contributed by atoms with Crippen molar-refractivity contribution < 1.29 is 9.53 Å². The zero-order valence-corrected chi connectivity index (χ0v) is 17.3. The Kier molecular flexibility index (Phi) is 5.79. The second-order valence-corrected chi connectivity index (χ2v) is 7.99. The minimum absolute atomic E-state index is 0.159. The minimum atomic E-state index is -0.159. The number of methoxy groups -OCH3 is 1. The van der Waals surface area contributed by atoms with Crippen LogP contribution in [0.1, 0.15) is 16.1 Å². The van der Waals surface area contributed by atoms with Gasteiger partial charge in [0.05, 0.1) is 17.5 Å². The normalized spacial score (nSPS) is 10.8. The van der Waals surface area contributed by atoms with E-state index < -0.39 is 0 Å². The van der Waals surface area contributed by atoms with Crippen LogP contribution in [0.4, 0.5) is 0 Å². The molecule has 1 heterocycles. The Labute approximate surface area is 178 Å². The number of halogens is 1. The maximum absolute atomic E-state index is 13.0. The molecular weight excluding hydrogens is 404 g/mol. The van der Waals surface area contributed by atoms with Gasteiger partial charge in [-0.15, -0.1) is 0 Å². The second kappa shape index (κ2) is 8.64. The lowest BCUT2D eigenvalue weighted by atomic mass is 10.2. The zero-order valence-electron chi connectivity index (χ0n) is 15.7. The number of nitrogens with one attached hydrogen (secondary N) is 2. The summed E-state index contributed by atoms with van der Waals surface area (Å²) in [6, 6.07) is 23.2. The van der Waals surface area contributed by atoms with E-state index >= 15 is 0 Å². The molecule has 0 unspecified atom stereocenters. The van der Waals surface area contributed by atoms with Gasteiger partial charge in [0.15, 0.2) is 0 Å². The zero-order chi connectivity index (χ0) is 20.2. The van der Waals surface area contributed by atoms with Crippen LogP contribution in [0.25, 0.3) is 10.9 Å². The molecule has 0 aliphatic heterocycles. The molecule has 0 radical (unpaired) electrons. The van der Waals surface area contributed by atoms with Crippen molar-refractivity contribution in [2.24, 2.45) is 0 Å². The van der Waals surface area contributed by atoms with E-state index in [0.717, 1.165) is 32.0 Å². The molecule has 0 atom stereocenters. The first kappa shape index (κ1) is 19.4. The predicted molar refractivity (Wildman–Crippen MR) is 118 cm³/mol. The van der Waals surface area contributed by atoms with E-state index in [1.54, 1.807) is 18.9 Å². The maximum Gasteiger partial charge on any atom is 0.269 e. The number of carbonyl (C=O) groups is 1. The molecule has 146 valence electrons. The minimum Gasteiger partial charge on any atom is -0.497 e. The lowest BCUT2D eigenvalue weighted by molar-refractivity contribution is 0.0944. The summed E-state index contributed by atoms with van der Waals surface area (Å²) in [4.78, 5) is 18.2. The molecule has 0 saturated heterocycles. The summed E-state index contributed by atoms with van der Waals surface area (Å²) < 4.78 is 5.33. The van der Waals surface area contributed by atoms with Gasteiger partial charge in [-0.05, 0) is 42.0 Å². The molecule has 4 nitrogen and oxygen atoms in total. The van der Waals surface area contributed by atoms with Crippen LogP contribution in [-0.2, 0) is 6.54 Å². The molecule has 1 aromatic heterocycles. The highest BCUT2D eigenvalue weighted by Gasteiger charge is 2.19. The third-order valence-corrected chi connectivity index (χ3v) is 5.90. The Morgan fingerprint density at radius 3 is 2.55 bits per heavy atom. The standard InChI is InChI=1S/C23H19ClN2O2S/c1-28-17-11-12-19-20(13-17)26-21(22(19)29-18-5-3-2-4-6-18)23(27)25-14-15-7-9-16(24)10-8-15/h2-13,26H,14H2,1H3,(H,25,27). The number of fused-ring (bicyclic) bond motifs is 1. The molecule has 29 heavy (non-hydrogen) atoms. The Morgan fingerprint density at radius 2 is 1.83 bits per heavy atom. The number of amides is 1. The molecule has 0 aliphatic carbocycles. The van der Waals surface area contributed by atoms with Crippen molar-refractivity contribution in [3.05, 3.63) is 89.1 Å². The van der Waals surface area contributed by atoms with Gasteiger partial charge in [0.1, 0.15) is 11.4 Å². The monoisotopic (exact) mass is 422 g/mol. The van der Waals surface area contributed by atoms with Crippen molar-refractivity contribution >= 4 is 40.2 Å². The van der Waals surface area contributed by atoms with Crippen LogP contribution in [-0.4, -0.2) is 18.0 Å². The summed E-state index contributed by atoms with van der Waals surface area (Å²) in [6.45, 7) is 0.421. The van der Waals surface area contributed by atoms with Crippen molar-refractivity contribution in [3.63, 3.8) is 0 Å². The van der Waals surface area contributed by atoms with Crippen molar-refractivity contribution in [1.82, 2.24) is 10.3 Å². The molecule has 0 spiro atoms. The quantitative estimate of drug-likeness (QED) is 0.406. The predicted octanol–water partition coefficient (Wildman–Crippen LogP) is 5.91. The second-order valence-electron chi connectivity index (χ2n) is 6.46. The van der Waals surface area contributed by atoms with Crippen LogP contribution in [0.3, 0.4) is 0 Å². The largest absolute Gasteiger partial charge is 0.497 e. The number of aromatic amines is 1. The summed E-state index contributed by atoms with van der Waals surface area (Å²) in [5.74, 6) is 0.580. The summed E-state index contributed by atoms with van der Waals surface area (Å²) >= 11 is 7.50. The van der Waals surface area contributed by atoms with Crippen molar-refractivity contribution in [3.8, 4) is 5.75 Å². The number of hydrogen-bond donors (Lipinski definition) is 2. The van der Waals surface area contributed by atoms with Gasteiger partial charge < -0.3 is 15.0 Å². The van der Waals surface area contributed by atoms with Gasteiger partial charge in [-0.2, -0.15) is 0 Å². The van der Waals surface area contributed by atoms with Gasteiger partial charge >= 0.3 is 0 Å².